The van der Waals surface area contributed by atoms with Crippen LogP contribution >= 0.6 is 11.6 Å². The largest absolute Gasteiger partial charge is 0.508 e. The molecule has 1 heterocycles. The molecule has 2 N–H and O–H groups in total. The highest BCUT2D eigenvalue weighted by Crippen LogP contribution is 2.27. The molecule has 0 spiro atoms. The predicted molar refractivity (Wildman–Crippen MR) is 57.8 cm³/mol. The van der Waals surface area contributed by atoms with Crippen LogP contribution in [0.2, 0.25) is 5.02 Å². The van der Waals surface area contributed by atoms with Gasteiger partial charge in [-0.15, -0.1) is 0 Å². The van der Waals surface area contributed by atoms with Crippen molar-refractivity contribution in [2.75, 3.05) is 6.54 Å². The predicted octanol–water partition coefficient (Wildman–Crippen LogP) is 2.48. The Morgan fingerprint density at radius 1 is 1.53 bits per heavy atom. The van der Waals surface area contributed by atoms with Crippen LogP contribution in [-0.4, -0.2) is 17.7 Å². The minimum absolute atomic E-state index is 0.124. The van der Waals surface area contributed by atoms with E-state index in [-0.39, 0.29) is 5.75 Å². The first kappa shape index (κ1) is 10.7. The average molecular weight is 230 g/mol. The van der Waals surface area contributed by atoms with Gasteiger partial charge < -0.3 is 10.4 Å². The van der Waals surface area contributed by atoms with Crippen molar-refractivity contribution in [1.29, 1.82) is 0 Å². The van der Waals surface area contributed by atoms with Gasteiger partial charge in [-0.1, -0.05) is 11.6 Å². The molecule has 1 atom stereocenters. The molecule has 0 aliphatic carbocycles. The van der Waals surface area contributed by atoms with Crippen molar-refractivity contribution < 1.29 is 9.50 Å². The summed E-state index contributed by atoms with van der Waals surface area (Å²) in [7, 11) is 0. The second-order valence-corrected chi connectivity index (χ2v) is 4.29. The van der Waals surface area contributed by atoms with E-state index in [0.29, 0.717) is 23.0 Å². The first-order valence-electron chi connectivity index (χ1n) is 5.07. The highest BCUT2D eigenvalue weighted by molar-refractivity contribution is 6.31. The number of hydrogen-bond donors (Lipinski definition) is 2. The van der Waals surface area contributed by atoms with Gasteiger partial charge in [0.15, 0.2) is 0 Å². The quantitative estimate of drug-likeness (QED) is 0.817. The maximum Gasteiger partial charge on any atom is 0.131 e. The van der Waals surface area contributed by atoms with E-state index in [0.717, 1.165) is 25.5 Å². The van der Waals surface area contributed by atoms with E-state index < -0.39 is 5.82 Å². The molecule has 0 saturated carbocycles. The lowest BCUT2D eigenvalue weighted by atomic mass is 10.0. The SMILES string of the molecule is Oc1cc(F)c(CC2CCCN2)c(Cl)c1. The molecule has 2 rings (SSSR count). The molecule has 1 aliphatic heterocycles. The Kier molecular flexibility index (Phi) is 3.12. The van der Waals surface area contributed by atoms with Crippen molar-refractivity contribution in [3.05, 3.63) is 28.5 Å². The van der Waals surface area contributed by atoms with Crippen LogP contribution in [0.15, 0.2) is 12.1 Å². The lowest BCUT2D eigenvalue weighted by Gasteiger charge is -2.12. The Balaban J connectivity index is 2.19. The van der Waals surface area contributed by atoms with Crippen LogP contribution in [0, 0.1) is 5.82 Å². The summed E-state index contributed by atoms with van der Waals surface area (Å²) >= 11 is 5.89. The van der Waals surface area contributed by atoms with Crippen LogP contribution in [0.3, 0.4) is 0 Å². The molecule has 2 nitrogen and oxygen atoms in total. The van der Waals surface area contributed by atoms with Crippen LogP contribution in [-0.2, 0) is 6.42 Å². The summed E-state index contributed by atoms with van der Waals surface area (Å²) in [4.78, 5) is 0. The standard InChI is InChI=1S/C11H13ClFNO/c12-10-5-8(15)6-11(13)9(10)4-7-2-1-3-14-7/h5-7,14-15H,1-4H2. The van der Waals surface area contributed by atoms with Crippen molar-refractivity contribution >= 4 is 11.6 Å². The van der Waals surface area contributed by atoms with E-state index >= 15 is 0 Å². The number of aromatic hydroxyl groups is 1. The molecule has 4 heteroatoms. The minimum Gasteiger partial charge on any atom is -0.508 e. The van der Waals surface area contributed by atoms with E-state index in [1.54, 1.807) is 0 Å². The monoisotopic (exact) mass is 229 g/mol. The van der Waals surface area contributed by atoms with Crippen LogP contribution in [0.25, 0.3) is 0 Å². The average Bonchev–Trinajstić information content (AvgIpc) is 2.63. The molecule has 0 bridgehead atoms. The molecule has 82 valence electrons. The molecule has 0 radical (unpaired) electrons. The van der Waals surface area contributed by atoms with Gasteiger partial charge in [-0.25, -0.2) is 4.39 Å². The molecule has 0 aromatic heterocycles. The van der Waals surface area contributed by atoms with Crippen molar-refractivity contribution in [3.8, 4) is 5.75 Å². The summed E-state index contributed by atoms with van der Waals surface area (Å²) in [5, 5.41) is 12.7. The van der Waals surface area contributed by atoms with Crippen LogP contribution in [0.5, 0.6) is 5.75 Å². The number of hydrogen-bond acceptors (Lipinski definition) is 2. The summed E-state index contributed by atoms with van der Waals surface area (Å²) in [6.45, 7) is 0.988. The molecular formula is C11H13ClFNO. The van der Waals surface area contributed by atoms with Gasteiger partial charge in [0.25, 0.3) is 0 Å². The molecular weight excluding hydrogens is 217 g/mol. The molecule has 1 aliphatic rings. The molecule has 1 fully saturated rings. The summed E-state index contributed by atoms with van der Waals surface area (Å²) in [5.74, 6) is -0.547. The zero-order valence-electron chi connectivity index (χ0n) is 8.26. The fraction of sp³-hybridized carbons (Fsp3) is 0.455. The number of rotatable bonds is 2. The first-order valence-corrected chi connectivity index (χ1v) is 5.45. The third kappa shape index (κ3) is 2.41. The Morgan fingerprint density at radius 3 is 2.93 bits per heavy atom. The highest BCUT2D eigenvalue weighted by atomic mass is 35.5. The lowest BCUT2D eigenvalue weighted by molar-refractivity contribution is 0.466. The van der Waals surface area contributed by atoms with E-state index in [4.69, 9.17) is 16.7 Å². The van der Waals surface area contributed by atoms with Gasteiger partial charge in [0, 0.05) is 17.7 Å². The molecule has 1 unspecified atom stereocenters. The number of phenols is 1. The van der Waals surface area contributed by atoms with Gasteiger partial charge in [0.05, 0.1) is 5.02 Å². The Hall–Kier alpha value is -0.800. The topological polar surface area (TPSA) is 32.3 Å². The number of phenolic OH excluding ortho intramolecular Hbond substituents is 1. The molecule has 1 saturated heterocycles. The smallest absolute Gasteiger partial charge is 0.131 e. The van der Waals surface area contributed by atoms with Crippen molar-refractivity contribution in [1.82, 2.24) is 5.32 Å². The van der Waals surface area contributed by atoms with E-state index in [9.17, 15) is 4.39 Å². The van der Waals surface area contributed by atoms with E-state index in [1.165, 1.54) is 6.07 Å². The molecule has 1 aromatic rings. The normalized spacial score (nSPS) is 20.8. The first-order chi connectivity index (χ1) is 7.16. The van der Waals surface area contributed by atoms with Gasteiger partial charge in [0.2, 0.25) is 0 Å². The van der Waals surface area contributed by atoms with Crippen molar-refractivity contribution in [2.45, 2.75) is 25.3 Å². The van der Waals surface area contributed by atoms with Gasteiger partial charge >= 0.3 is 0 Å². The van der Waals surface area contributed by atoms with E-state index in [2.05, 4.69) is 5.32 Å². The zero-order valence-corrected chi connectivity index (χ0v) is 9.02. The maximum atomic E-state index is 13.5. The zero-order chi connectivity index (χ0) is 10.8. The fourth-order valence-electron chi connectivity index (χ4n) is 1.96. The molecule has 0 amide bonds. The summed E-state index contributed by atoms with van der Waals surface area (Å²) in [5.41, 5.74) is 0.494. The maximum absolute atomic E-state index is 13.5. The Morgan fingerprint density at radius 2 is 2.33 bits per heavy atom. The van der Waals surface area contributed by atoms with Crippen LogP contribution in [0.1, 0.15) is 18.4 Å². The van der Waals surface area contributed by atoms with Gasteiger partial charge in [-0.05, 0) is 31.9 Å². The van der Waals surface area contributed by atoms with E-state index in [1.807, 2.05) is 0 Å². The number of nitrogens with one attached hydrogen (secondary N) is 1. The van der Waals surface area contributed by atoms with Crippen molar-refractivity contribution in [2.24, 2.45) is 0 Å². The Labute approximate surface area is 93.1 Å². The lowest BCUT2D eigenvalue weighted by Crippen LogP contribution is -2.24. The fourth-order valence-corrected chi connectivity index (χ4v) is 2.24. The van der Waals surface area contributed by atoms with Crippen LogP contribution in [0.4, 0.5) is 4.39 Å². The van der Waals surface area contributed by atoms with Gasteiger partial charge in [-0.3, -0.25) is 0 Å². The third-order valence-corrected chi connectivity index (χ3v) is 3.08. The second kappa shape index (κ2) is 4.37. The second-order valence-electron chi connectivity index (χ2n) is 3.89. The molecule has 15 heavy (non-hydrogen) atoms. The van der Waals surface area contributed by atoms with Crippen LogP contribution < -0.4 is 5.32 Å². The summed E-state index contributed by atoms with van der Waals surface area (Å²) in [6.07, 6.45) is 2.77. The Bertz CT molecular complexity index is 341. The highest BCUT2D eigenvalue weighted by Gasteiger charge is 2.18. The minimum atomic E-state index is -0.423. The number of halogens is 2. The van der Waals surface area contributed by atoms with Gasteiger partial charge in [0.1, 0.15) is 11.6 Å². The summed E-state index contributed by atoms with van der Waals surface area (Å²) in [6, 6.07) is 2.80. The van der Waals surface area contributed by atoms with Crippen molar-refractivity contribution in [3.63, 3.8) is 0 Å². The number of benzene rings is 1. The van der Waals surface area contributed by atoms with Gasteiger partial charge in [-0.2, -0.15) is 0 Å². The molecule has 1 aromatic carbocycles. The third-order valence-electron chi connectivity index (χ3n) is 2.74. The summed E-state index contributed by atoms with van der Waals surface area (Å²) < 4.78 is 13.5.